The molecule has 0 spiro atoms. The van der Waals surface area contributed by atoms with E-state index < -0.39 is 0 Å². The molecule has 0 aromatic rings. The molecule has 10 heteroatoms. The molecule has 0 amide bonds. The number of hydrogen-bond acceptors (Lipinski definition) is 0. The van der Waals surface area contributed by atoms with Crippen molar-refractivity contribution < 1.29 is 247 Å². The first kappa shape index (κ1) is 115. The Hall–Kier alpha value is 7.77. The first-order valence-corrected chi connectivity index (χ1v) is 0. The molecule has 0 atom stereocenters. The van der Waals surface area contributed by atoms with Gasteiger partial charge in [0, 0.05) is 145 Å². The maximum atomic E-state index is 0. The van der Waals surface area contributed by atoms with Crippen molar-refractivity contribution in [2.75, 3.05) is 0 Å². The van der Waals surface area contributed by atoms with Crippen LogP contribution in [0.3, 0.4) is 0 Å². The van der Waals surface area contributed by atoms with Crippen LogP contribution in [0.25, 0.3) is 0 Å². The van der Waals surface area contributed by atoms with Crippen molar-refractivity contribution in [3.8, 4) is 0 Å². The average molecular weight is 811 g/mol. The Balaban J connectivity index is 0. The fourth-order valence-electron chi connectivity index (χ4n) is 0. The maximum absolute atomic E-state index is 0. The standard InChI is InChI=1S/2CH3.6Fe.2K.2W/h2*1H3;;;;;;;;;;/q2*-1;;;;;;;2*+1;;. The van der Waals surface area contributed by atoms with Crippen LogP contribution in [0.5, 0.6) is 0 Å². The van der Waals surface area contributed by atoms with E-state index in [-0.39, 0.29) is 262 Å². The summed E-state index contributed by atoms with van der Waals surface area (Å²) in [6.07, 6.45) is 0. The topological polar surface area (TPSA) is 0 Å². The third kappa shape index (κ3) is 82.8. The van der Waals surface area contributed by atoms with Gasteiger partial charge in [0.15, 0.2) is 0 Å². The molecule has 12 heavy (non-hydrogen) atoms. The minimum atomic E-state index is 0. The molecule has 0 rings (SSSR count). The van der Waals surface area contributed by atoms with Crippen LogP contribution in [0.15, 0.2) is 0 Å². The molecule has 0 aliphatic rings. The smallest absolute Gasteiger partial charge is 0.358 e. The summed E-state index contributed by atoms with van der Waals surface area (Å²) in [5.41, 5.74) is 0. The van der Waals surface area contributed by atoms with Crippen molar-refractivity contribution in [1.29, 1.82) is 0 Å². The Morgan fingerprint density at radius 2 is 0.333 bits per heavy atom. The van der Waals surface area contributed by atoms with Crippen LogP contribution in [0.2, 0.25) is 0 Å². The Kier molecular flexibility index (Phi) is 945. The van der Waals surface area contributed by atoms with E-state index in [0.29, 0.717) is 0 Å². The Bertz CT molecular complexity index is 21.5. The summed E-state index contributed by atoms with van der Waals surface area (Å²) in [5.74, 6) is 0. The van der Waals surface area contributed by atoms with Crippen LogP contribution in [-0.4, -0.2) is 0 Å². The summed E-state index contributed by atoms with van der Waals surface area (Å²) in [7, 11) is 0. The minimum absolute atomic E-state index is 0. The summed E-state index contributed by atoms with van der Waals surface area (Å²) in [5, 5.41) is 0. The van der Waals surface area contributed by atoms with E-state index in [9.17, 15) is 0 Å². The van der Waals surface area contributed by atoms with Gasteiger partial charge in [-0.2, -0.15) is 0 Å². The third-order valence-corrected chi connectivity index (χ3v) is 0. The van der Waals surface area contributed by atoms with E-state index in [2.05, 4.69) is 0 Å². The van der Waals surface area contributed by atoms with E-state index in [1.807, 2.05) is 0 Å². The molecule has 0 aliphatic heterocycles. The van der Waals surface area contributed by atoms with Crippen molar-refractivity contribution in [1.82, 2.24) is 0 Å². The molecule has 0 saturated carbocycles. The summed E-state index contributed by atoms with van der Waals surface area (Å²) in [4.78, 5) is 0. The summed E-state index contributed by atoms with van der Waals surface area (Å²) in [6.45, 7) is 0. The zero-order valence-corrected chi connectivity index (χ0v) is 25.7. The largest absolute Gasteiger partial charge is 1.00 e. The van der Waals surface area contributed by atoms with Gasteiger partial charge in [-0.3, -0.25) is 0 Å². The second-order valence-electron chi connectivity index (χ2n) is 0. The summed E-state index contributed by atoms with van der Waals surface area (Å²) < 4.78 is 0. The third-order valence-electron chi connectivity index (χ3n) is 0. The molecular weight excluding hydrogens is 805 g/mol. The second kappa shape index (κ2) is 98.2. The van der Waals surface area contributed by atoms with E-state index in [1.54, 1.807) is 0 Å². The van der Waals surface area contributed by atoms with E-state index in [0.717, 1.165) is 0 Å². The van der Waals surface area contributed by atoms with Gasteiger partial charge < -0.3 is 14.9 Å². The molecule has 76 valence electrons. The Labute approximate surface area is 254 Å². The van der Waals surface area contributed by atoms with Crippen LogP contribution in [-0.2, 0) is 145 Å². The number of hydrogen-bond donors (Lipinski definition) is 0. The average Bonchev–Trinajstić information content (AvgIpc) is 0. The molecule has 0 fully saturated rings. The second-order valence-corrected chi connectivity index (χ2v) is 0. The molecule has 0 heterocycles. The van der Waals surface area contributed by atoms with Gasteiger partial charge in [-0.1, -0.05) is 0 Å². The molecule has 0 unspecified atom stereocenters. The molecular formula is C2H6Fe6K2W2. The van der Waals surface area contributed by atoms with Gasteiger partial charge in [0.1, 0.15) is 0 Å². The van der Waals surface area contributed by atoms with Crippen LogP contribution in [0.1, 0.15) is 0 Å². The van der Waals surface area contributed by atoms with Gasteiger partial charge >= 0.3 is 103 Å². The van der Waals surface area contributed by atoms with Crippen molar-refractivity contribution in [2.24, 2.45) is 0 Å². The molecule has 0 aliphatic carbocycles. The molecule has 0 nitrogen and oxygen atoms in total. The summed E-state index contributed by atoms with van der Waals surface area (Å²) in [6, 6.07) is 0. The van der Waals surface area contributed by atoms with Gasteiger partial charge in [-0.15, -0.1) is 0 Å². The molecule has 0 saturated heterocycles. The van der Waals surface area contributed by atoms with Crippen LogP contribution >= 0.6 is 0 Å². The molecule has 0 aromatic heterocycles. The van der Waals surface area contributed by atoms with Crippen molar-refractivity contribution in [2.45, 2.75) is 0 Å². The zero-order valence-electron chi connectivity index (χ0n) is 6.94. The van der Waals surface area contributed by atoms with Gasteiger partial charge in [-0.05, 0) is 0 Å². The SMILES string of the molecule is [CH3-].[CH3-].[Fe].[Fe].[Fe].[Fe].[Fe].[Fe].[K+].[K+].[W].[W]. The van der Waals surface area contributed by atoms with Gasteiger partial charge in [0.2, 0.25) is 0 Å². The Morgan fingerprint density at radius 3 is 0.333 bits per heavy atom. The van der Waals surface area contributed by atoms with E-state index in [4.69, 9.17) is 0 Å². The fourth-order valence-corrected chi connectivity index (χ4v) is 0. The quantitative estimate of drug-likeness (QED) is 0.170. The van der Waals surface area contributed by atoms with E-state index in [1.165, 1.54) is 0 Å². The van der Waals surface area contributed by atoms with Crippen molar-refractivity contribution in [3.05, 3.63) is 14.9 Å². The van der Waals surface area contributed by atoms with E-state index >= 15 is 0 Å². The predicted molar refractivity (Wildman–Crippen MR) is 12.8 cm³/mol. The van der Waals surface area contributed by atoms with Crippen molar-refractivity contribution >= 4 is 0 Å². The van der Waals surface area contributed by atoms with Gasteiger partial charge in [-0.25, -0.2) is 0 Å². The maximum Gasteiger partial charge on any atom is 1.00 e. The summed E-state index contributed by atoms with van der Waals surface area (Å²) >= 11 is 0. The van der Waals surface area contributed by atoms with Gasteiger partial charge in [0.25, 0.3) is 0 Å². The Morgan fingerprint density at radius 1 is 0.333 bits per heavy atom. The van der Waals surface area contributed by atoms with Crippen LogP contribution < -0.4 is 103 Å². The first-order valence-electron chi connectivity index (χ1n) is 0. The monoisotopic (exact) mass is 811 g/mol. The first-order chi connectivity index (χ1) is 0. The normalized spacial score (nSPS) is 0. The zero-order chi connectivity index (χ0) is 0. The predicted octanol–water partition coefficient (Wildman–Crippen LogP) is -5.11. The minimum Gasteiger partial charge on any atom is -0.358 e. The fraction of sp³-hybridized carbons (Fsp3) is 0. The molecule has 0 bridgehead atoms. The van der Waals surface area contributed by atoms with Crippen LogP contribution in [0.4, 0.5) is 0 Å². The van der Waals surface area contributed by atoms with Crippen molar-refractivity contribution in [3.63, 3.8) is 0 Å². The molecule has 0 N–H and O–H groups in total. The number of rotatable bonds is 0. The van der Waals surface area contributed by atoms with Gasteiger partial charge in [0.05, 0.1) is 0 Å². The molecule has 0 radical (unpaired) electrons. The van der Waals surface area contributed by atoms with Crippen LogP contribution in [0, 0.1) is 14.9 Å². The molecule has 0 aromatic carbocycles.